The van der Waals surface area contributed by atoms with E-state index in [0.29, 0.717) is 6.04 Å². The number of nitrogens with zero attached hydrogens (tertiary/aromatic N) is 2. The molecule has 2 atom stereocenters. The molecule has 18 heavy (non-hydrogen) atoms. The van der Waals surface area contributed by atoms with Gasteiger partial charge in [-0.05, 0) is 46.7 Å². The van der Waals surface area contributed by atoms with Crippen LogP contribution >= 0.6 is 0 Å². The van der Waals surface area contributed by atoms with Crippen molar-refractivity contribution in [3.05, 3.63) is 0 Å². The molecule has 0 radical (unpaired) electrons. The van der Waals surface area contributed by atoms with E-state index in [1.807, 2.05) is 6.92 Å². The van der Waals surface area contributed by atoms with Crippen LogP contribution in [0.4, 0.5) is 0 Å². The second-order valence-corrected chi connectivity index (χ2v) is 5.25. The van der Waals surface area contributed by atoms with E-state index in [1.165, 1.54) is 0 Å². The van der Waals surface area contributed by atoms with Gasteiger partial charge in [0, 0.05) is 26.3 Å². The van der Waals surface area contributed by atoms with E-state index < -0.39 is 5.54 Å². The standard InChI is InChI=1S/C14H29N3O/c1-6-8-16-14(3,12-15)11-13(2)17(4)9-7-10-18-5/h13,16H,6-11H2,1-5H3. The van der Waals surface area contributed by atoms with E-state index in [2.05, 4.69) is 37.2 Å². The quantitative estimate of drug-likeness (QED) is 0.607. The van der Waals surface area contributed by atoms with Gasteiger partial charge >= 0.3 is 0 Å². The fourth-order valence-corrected chi connectivity index (χ4v) is 1.98. The average molecular weight is 255 g/mol. The summed E-state index contributed by atoms with van der Waals surface area (Å²) in [5.41, 5.74) is -0.426. The van der Waals surface area contributed by atoms with Gasteiger partial charge in [0.05, 0.1) is 6.07 Å². The van der Waals surface area contributed by atoms with Gasteiger partial charge in [0.25, 0.3) is 0 Å². The summed E-state index contributed by atoms with van der Waals surface area (Å²) < 4.78 is 5.06. The van der Waals surface area contributed by atoms with Gasteiger partial charge in [0.15, 0.2) is 0 Å². The molecule has 2 unspecified atom stereocenters. The number of nitrogens with one attached hydrogen (secondary N) is 1. The van der Waals surface area contributed by atoms with Gasteiger partial charge in [-0.15, -0.1) is 0 Å². The van der Waals surface area contributed by atoms with Crippen LogP contribution in [0.15, 0.2) is 0 Å². The van der Waals surface area contributed by atoms with E-state index in [-0.39, 0.29) is 0 Å². The molecule has 0 saturated carbocycles. The molecule has 0 heterocycles. The van der Waals surface area contributed by atoms with Crippen LogP contribution in [-0.2, 0) is 4.74 Å². The molecule has 0 bridgehead atoms. The first-order valence-corrected chi connectivity index (χ1v) is 6.84. The van der Waals surface area contributed by atoms with E-state index in [0.717, 1.165) is 39.0 Å². The van der Waals surface area contributed by atoms with Crippen LogP contribution in [0.2, 0.25) is 0 Å². The van der Waals surface area contributed by atoms with Crippen molar-refractivity contribution < 1.29 is 4.74 Å². The van der Waals surface area contributed by atoms with Gasteiger partial charge in [-0.1, -0.05) is 6.92 Å². The third-order valence-corrected chi connectivity index (χ3v) is 3.33. The molecule has 0 aliphatic heterocycles. The lowest BCUT2D eigenvalue weighted by molar-refractivity contribution is 0.159. The summed E-state index contributed by atoms with van der Waals surface area (Å²) in [7, 11) is 3.84. The smallest absolute Gasteiger partial charge is 0.105 e. The van der Waals surface area contributed by atoms with E-state index in [9.17, 15) is 5.26 Å². The van der Waals surface area contributed by atoms with Crippen molar-refractivity contribution >= 4 is 0 Å². The first kappa shape index (κ1) is 17.4. The normalized spacial score (nSPS) is 16.3. The van der Waals surface area contributed by atoms with Crippen LogP contribution in [0.25, 0.3) is 0 Å². The zero-order chi connectivity index (χ0) is 14.0. The molecule has 0 spiro atoms. The third-order valence-electron chi connectivity index (χ3n) is 3.33. The van der Waals surface area contributed by atoms with Crippen molar-refractivity contribution in [2.75, 3.05) is 33.9 Å². The molecule has 106 valence electrons. The van der Waals surface area contributed by atoms with Gasteiger partial charge in [-0.25, -0.2) is 0 Å². The number of hydrogen-bond acceptors (Lipinski definition) is 4. The Hall–Kier alpha value is -0.630. The Bertz CT molecular complexity index is 252. The first-order valence-electron chi connectivity index (χ1n) is 6.84. The maximum Gasteiger partial charge on any atom is 0.105 e. The molecule has 0 aliphatic carbocycles. The maximum atomic E-state index is 9.31. The number of methoxy groups -OCH3 is 1. The van der Waals surface area contributed by atoms with E-state index in [1.54, 1.807) is 7.11 Å². The monoisotopic (exact) mass is 255 g/mol. The maximum absolute atomic E-state index is 9.31. The Kier molecular flexibility index (Phi) is 8.99. The number of rotatable bonds is 10. The van der Waals surface area contributed by atoms with Crippen LogP contribution in [-0.4, -0.2) is 50.3 Å². The zero-order valence-electron chi connectivity index (χ0n) is 12.6. The summed E-state index contributed by atoms with van der Waals surface area (Å²) >= 11 is 0. The molecule has 0 fully saturated rings. The minimum absolute atomic E-state index is 0.385. The second-order valence-electron chi connectivity index (χ2n) is 5.25. The Morgan fingerprint density at radius 3 is 2.67 bits per heavy atom. The summed E-state index contributed by atoms with van der Waals surface area (Å²) in [5, 5.41) is 12.6. The zero-order valence-corrected chi connectivity index (χ0v) is 12.6. The van der Waals surface area contributed by atoms with Crippen molar-refractivity contribution in [1.82, 2.24) is 10.2 Å². The summed E-state index contributed by atoms with van der Waals surface area (Å²) in [4.78, 5) is 2.29. The first-order chi connectivity index (χ1) is 8.49. The molecule has 0 aliphatic rings. The highest BCUT2D eigenvalue weighted by molar-refractivity contribution is 5.05. The van der Waals surface area contributed by atoms with Crippen molar-refractivity contribution in [3.63, 3.8) is 0 Å². The van der Waals surface area contributed by atoms with Crippen molar-refractivity contribution in [1.29, 1.82) is 5.26 Å². The molecule has 1 N–H and O–H groups in total. The molecule has 4 heteroatoms. The summed E-state index contributed by atoms with van der Waals surface area (Å²) in [5.74, 6) is 0. The molecule has 0 aromatic rings. The average Bonchev–Trinajstić information content (AvgIpc) is 2.36. The Balaban J connectivity index is 4.16. The SMILES string of the molecule is CCCNC(C)(C#N)CC(C)N(C)CCCOC. The second kappa shape index (κ2) is 9.32. The molecular weight excluding hydrogens is 226 g/mol. The Labute approximate surface area is 112 Å². The molecule has 0 amide bonds. The lowest BCUT2D eigenvalue weighted by Gasteiger charge is -2.31. The van der Waals surface area contributed by atoms with Crippen molar-refractivity contribution in [2.45, 2.75) is 51.6 Å². The molecule has 0 saturated heterocycles. The molecular formula is C14H29N3O. The summed E-state index contributed by atoms with van der Waals surface area (Å²) in [6.07, 6.45) is 2.92. The fraction of sp³-hybridized carbons (Fsp3) is 0.929. The highest BCUT2D eigenvalue weighted by Crippen LogP contribution is 2.15. The van der Waals surface area contributed by atoms with Gasteiger partial charge in [-0.2, -0.15) is 5.26 Å². The van der Waals surface area contributed by atoms with Crippen LogP contribution in [0.5, 0.6) is 0 Å². The topological polar surface area (TPSA) is 48.3 Å². The summed E-state index contributed by atoms with van der Waals surface area (Å²) in [6.45, 7) is 8.97. The van der Waals surface area contributed by atoms with Gasteiger partial charge < -0.3 is 9.64 Å². The lowest BCUT2D eigenvalue weighted by Crippen LogP contribution is -2.47. The molecule has 0 rings (SSSR count). The van der Waals surface area contributed by atoms with E-state index >= 15 is 0 Å². The highest BCUT2D eigenvalue weighted by atomic mass is 16.5. The largest absolute Gasteiger partial charge is 0.385 e. The predicted octanol–water partition coefficient (Wildman–Crippen LogP) is 2.02. The van der Waals surface area contributed by atoms with Crippen molar-refractivity contribution in [2.24, 2.45) is 0 Å². The van der Waals surface area contributed by atoms with Crippen LogP contribution < -0.4 is 5.32 Å². The number of nitriles is 1. The molecule has 4 nitrogen and oxygen atoms in total. The van der Waals surface area contributed by atoms with Gasteiger partial charge in [-0.3, -0.25) is 5.32 Å². The lowest BCUT2D eigenvalue weighted by atomic mass is 9.94. The number of hydrogen-bond donors (Lipinski definition) is 1. The van der Waals surface area contributed by atoms with Crippen LogP contribution in [0, 0.1) is 11.3 Å². The third kappa shape index (κ3) is 6.95. The van der Waals surface area contributed by atoms with E-state index in [4.69, 9.17) is 4.74 Å². The highest BCUT2D eigenvalue weighted by Gasteiger charge is 2.26. The minimum atomic E-state index is -0.426. The molecule has 0 aromatic heterocycles. The van der Waals surface area contributed by atoms with Crippen LogP contribution in [0.1, 0.15) is 40.0 Å². The number of ether oxygens (including phenoxy) is 1. The summed E-state index contributed by atoms with van der Waals surface area (Å²) in [6, 6.07) is 2.79. The van der Waals surface area contributed by atoms with Gasteiger partial charge in [0.1, 0.15) is 5.54 Å². The van der Waals surface area contributed by atoms with Gasteiger partial charge in [0.2, 0.25) is 0 Å². The Morgan fingerprint density at radius 1 is 1.50 bits per heavy atom. The minimum Gasteiger partial charge on any atom is -0.385 e. The van der Waals surface area contributed by atoms with Crippen molar-refractivity contribution in [3.8, 4) is 6.07 Å². The molecule has 0 aromatic carbocycles. The predicted molar refractivity (Wildman–Crippen MR) is 75.5 cm³/mol. The Morgan fingerprint density at radius 2 is 2.17 bits per heavy atom. The van der Waals surface area contributed by atoms with Crippen LogP contribution in [0.3, 0.4) is 0 Å². The fourth-order valence-electron chi connectivity index (χ4n) is 1.98.